The molecule has 0 bridgehead atoms. The molecule has 13 atom stereocenters. The number of esters is 1. The number of carbonyl (C=O) groups is 20. The molecule has 634 valence electrons. The van der Waals surface area contributed by atoms with E-state index in [-0.39, 0.29) is 37.1 Å². The topological polar surface area (TPSA) is 686 Å². The van der Waals surface area contributed by atoms with Gasteiger partial charge in [-0.3, -0.25) is 91.1 Å². The van der Waals surface area contributed by atoms with Crippen LogP contribution in [0.5, 0.6) is 0 Å². The van der Waals surface area contributed by atoms with Crippen LogP contribution in [0.15, 0.2) is 66.7 Å². The molecule has 0 unspecified atom stereocenters. The van der Waals surface area contributed by atoms with Crippen molar-refractivity contribution in [3.05, 3.63) is 77.9 Å². The molecule has 24 N–H and O–H groups in total. The Labute approximate surface area is 664 Å². The van der Waals surface area contributed by atoms with E-state index in [1.165, 1.54) is 24.3 Å². The molecule has 0 radical (unpaired) electrons. The molecule has 3 aromatic rings. The minimum Gasteiger partial charge on any atom is -0.481 e. The monoisotopic (exact) mass is 1630 g/mol. The normalized spacial score (nSPS) is 21.1. The van der Waals surface area contributed by atoms with Gasteiger partial charge in [0, 0.05) is 30.5 Å². The molecular formula is C74H102N16O26. The number of nitrogens with one attached hydrogen (secondary N) is 13. The Morgan fingerprint density at radius 2 is 1.06 bits per heavy atom. The van der Waals surface area contributed by atoms with Crippen LogP contribution in [-0.4, -0.2) is 243 Å². The van der Waals surface area contributed by atoms with Gasteiger partial charge < -0.3 is 117 Å². The fourth-order valence-electron chi connectivity index (χ4n) is 11.9. The number of aliphatic hydroxyl groups excluding tert-OH is 1. The second kappa shape index (κ2) is 48.3. The Balaban J connectivity index is 1.88. The summed E-state index contributed by atoms with van der Waals surface area (Å²) in [5.41, 5.74) is 17.5. The van der Waals surface area contributed by atoms with Crippen LogP contribution in [0.25, 0.3) is 10.8 Å². The average molecular weight is 1630 g/mol. The number of amides is 14. The molecule has 42 heteroatoms. The molecule has 14 amide bonds. The van der Waals surface area contributed by atoms with Crippen molar-refractivity contribution in [1.82, 2.24) is 69.1 Å². The number of anilines is 1. The standard InChI is InChI=1S/C74H102N16O26/c1-5-6-7-8-9-10-11-25-55(94)82-46(28-41-20-16-19-40-18-12-13-21-42(40)41)68(109)85-47(30-54(77)93)69(110)87-50(33-61(103)104)70(111)90-63-39(4)116-74(115)51(29-53(92)43-22-14-15-23-44(43)76)88-73(114)62(37(2)27-58(97)98)89-71(112)52(36-91)83-57(96)34-78-65(106)48(31-59(99)100)84-64(105)38(3)80-67(108)49(32-60(101)102)86-66(107)45(24-17-26-75)81-56(95)35-79-72(63)113/h12-16,18-23,37-39,45-52,62-63,91H,5-11,17,24-36,75-76H2,1-4H3,(H2,77,93)(H,78,106)(H,79,113)(H,80,108)(H,81,95)(H,82,94)(H,83,96)(H,84,105)(H,85,109)(H,86,107)(H,87,110)(H,88,114)(H,89,112)(H,90,111)(H,97,98)(H,99,100)(H,101,102)(H,103,104)/t37-,38+,39+,45-,46-,47-,48-,49-,50-,51-,52+,62-,63-/m0/s1. The third-order valence-electron chi connectivity index (χ3n) is 18.1. The van der Waals surface area contributed by atoms with Crippen molar-refractivity contribution in [2.45, 2.75) is 209 Å². The summed E-state index contributed by atoms with van der Waals surface area (Å²) in [5, 5.41) is 79.6. The largest absolute Gasteiger partial charge is 0.481 e. The first-order valence-electron chi connectivity index (χ1n) is 37.2. The number of hydrogen-bond acceptors (Lipinski definition) is 24. The predicted octanol–water partition coefficient (Wildman–Crippen LogP) is -4.95. The molecule has 0 aromatic heterocycles. The van der Waals surface area contributed by atoms with E-state index in [0.717, 1.165) is 58.3 Å². The number of aliphatic hydroxyl groups is 1. The number of ether oxygens (including phenoxy) is 1. The molecule has 1 aliphatic rings. The van der Waals surface area contributed by atoms with Gasteiger partial charge in [0.2, 0.25) is 82.7 Å². The van der Waals surface area contributed by atoms with Crippen LogP contribution >= 0.6 is 0 Å². The first-order valence-corrected chi connectivity index (χ1v) is 37.2. The maximum atomic E-state index is 14.9. The van der Waals surface area contributed by atoms with E-state index in [1.54, 1.807) is 42.5 Å². The van der Waals surface area contributed by atoms with E-state index in [9.17, 15) is 121 Å². The lowest BCUT2D eigenvalue weighted by Gasteiger charge is -2.30. The van der Waals surface area contributed by atoms with Crippen molar-refractivity contribution in [1.29, 1.82) is 0 Å². The SMILES string of the molecule is CCCCCCCCCC(=O)N[C@@H](Cc1cccc2ccccc12)C(=O)N[C@@H](CC(N)=O)C(=O)N[C@@H](CC(=O)O)C(=O)N[C@@H]1C(=O)NCC(=O)N[C@@H](CCCN)C(=O)N[C@@H](CC(=O)O)C(=O)N[C@H](C)C(=O)N[C@@H](CC(=O)O)C(=O)NCC(=O)N[C@H](CO)C(=O)N[C@@H]([C@@H](C)CC(=O)O)C(=O)N[C@@H](CC(=O)c2ccccc2N)C(=O)O[C@@H]1C. The molecule has 3 aromatic carbocycles. The summed E-state index contributed by atoms with van der Waals surface area (Å²) in [6.07, 6.45) is -3.89. The minimum absolute atomic E-state index is 0.0170. The fourth-order valence-corrected chi connectivity index (χ4v) is 11.9. The minimum atomic E-state index is -2.45. The van der Waals surface area contributed by atoms with Gasteiger partial charge in [-0.2, -0.15) is 0 Å². The Kier molecular flexibility index (Phi) is 39.8. The van der Waals surface area contributed by atoms with Gasteiger partial charge in [-0.05, 0) is 74.0 Å². The van der Waals surface area contributed by atoms with Gasteiger partial charge in [0.1, 0.15) is 72.6 Å². The number of cyclic esters (lactones) is 1. The van der Waals surface area contributed by atoms with Gasteiger partial charge in [-0.1, -0.05) is 107 Å². The summed E-state index contributed by atoms with van der Waals surface area (Å²) < 4.78 is 5.69. The van der Waals surface area contributed by atoms with Crippen LogP contribution < -0.4 is 86.3 Å². The van der Waals surface area contributed by atoms with Gasteiger partial charge in [-0.15, -0.1) is 0 Å². The average Bonchev–Trinajstić information content (AvgIpc) is 0.817. The van der Waals surface area contributed by atoms with Crippen LogP contribution in [0.2, 0.25) is 0 Å². The molecule has 1 aliphatic heterocycles. The number of para-hydroxylation sites is 1. The van der Waals surface area contributed by atoms with Crippen LogP contribution in [0, 0.1) is 5.92 Å². The Morgan fingerprint density at radius 1 is 0.526 bits per heavy atom. The number of nitrogen functional groups attached to an aromatic ring is 1. The summed E-state index contributed by atoms with van der Waals surface area (Å²) in [6, 6.07) is -5.21. The number of aliphatic carboxylic acids is 4. The number of fused-ring (bicyclic) bond motifs is 1. The van der Waals surface area contributed by atoms with Gasteiger partial charge >= 0.3 is 29.8 Å². The van der Waals surface area contributed by atoms with E-state index in [2.05, 4.69) is 60.1 Å². The summed E-state index contributed by atoms with van der Waals surface area (Å²) in [6.45, 7) is 1.12. The number of hydrogen-bond donors (Lipinski definition) is 21. The molecule has 0 aliphatic carbocycles. The second-order valence-electron chi connectivity index (χ2n) is 27.5. The number of nitrogens with two attached hydrogens (primary N) is 3. The predicted molar refractivity (Wildman–Crippen MR) is 406 cm³/mol. The number of Topliss-reactive ketones (excluding diaryl/α,β-unsaturated/α-hetero) is 1. The lowest BCUT2D eigenvalue weighted by molar-refractivity contribution is -0.156. The first-order chi connectivity index (χ1) is 54.9. The molecule has 1 saturated heterocycles. The summed E-state index contributed by atoms with van der Waals surface area (Å²) in [5.74, 6) is -29.7. The van der Waals surface area contributed by atoms with Crippen LogP contribution in [0.4, 0.5) is 5.69 Å². The zero-order valence-corrected chi connectivity index (χ0v) is 64.2. The fraction of sp³-hybridized carbons (Fsp3) is 0.514. The first kappa shape index (κ1) is 95.6. The number of carbonyl (C=O) groups excluding carboxylic acids is 16. The van der Waals surface area contributed by atoms with E-state index in [1.807, 2.05) is 16.0 Å². The zero-order valence-electron chi connectivity index (χ0n) is 64.2. The Morgan fingerprint density at radius 3 is 1.66 bits per heavy atom. The maximum Gasteiger partial charge on any atom is 0.329 e. The van der Waals surface area contributed by atoms with Crippen molar-refractivity contribution < 1.29 is 126 Å². The van der Waals surface area contributed by atoms with Crippen molar-refractivity contribution in [3.8, 4) is 0 Å². The zero-order chi connectivity index (χ0) is 86.5. The summed E-state index contributed by atoms with van der Waals surface area (Å²) in [4.78, 5) is 273. The highest BCUT2D eigenvalue weighted by Gasteiger charge is 2.41. The van der Waals surface area contributed by atoms with Crippen molar-refractivity contribution in [2.24, 2.45) is 17.4 Å². The molecule has 0 saturated carbocycles. The number of unbranched alkanes of at least 4 members (excludes halogenated alkanes) is 6. The Hall–Kier alpha value is -12.8. The van der Waals surface area contributed by atoms with Crippen molar-refractivity contribution >= 4 is 135 Å². The van der Waals surface area contributed by atoms with Gasteiger partial charge in [-0.25, -0.2) is 4.79 Å². The van der Waals surface area contributed by atoms with Gasteiger partial charge in [0.15, 0.2) is 5.78 Å². The van der Waals surface area contributed by atoms with Crippen LogP contribution in [0.3, 0.4) is 0 Å². The Bertz CT molecular complexity index is 4080. The molecule has 0 spiro atoms. The number of carboxylic acid groups (broad SMARTS) is 4. The number of primary amides is 1. The molecule has 1 heterocycles. The highest BCUT2D eigenvalue weighted by molar-refractivity contribution is 6.05. The maximum absolute atomic E-state index is 14.9. The molecule has 42 nitrogen and oxygen atoms in total. The van der Waals surface area contributed by atoms with E-state index in [0.29, 0.717) is 23.8 Å². The molecule has 1 fully saturated rings. The third-order valence-corrected chi connectivity index (χ3v) is 18.1. The molecular weight excluding hydrogens is 1530 g/mol. The third kappa shape index (κ3) is 32.8. The van der Waals surface area contributed by atoms with E-state index < -0.39 is 261 Å². The number of rotatable bonds is 35. The summed E-state index contributed by atoms with van der Waals surface area (Å²) >= 11 is 0. The van der Waals surface area contributed by atoms with Crippen LogP contribution in [0.1, 0.15) is 146 Å². The quantitative estimate of drug-likeness (QED) is 0.0114. The van der Waals surface area contributed by atoms with E-state index >= 15 is 0 Å². The van der Waals surface area contributed by atoms with E-state index in [4.69, 9.17) is 21.9 Å². The number of benzene rings is 3. The van der Waals surface area contributed by atoms with Crippen molar-refractivity contribution in [3.63, 3.8) is 0 Å². The lowest BCUT2D eigenvalue weighted by Crippen LogP contribution is -2.62. The lowest BCUT2D eigenvalue weighted by atomic mass is 9.96. The number of carboxylic acids is 4. The van der Waals surface area contributed by atoms with Gasteiger partial charge in [0.25, 0.3) is 0 Å². The smallest absolute Gasteiger partial charge is 0.329 e. The van der Waals surface area contributed by atoms with Crippen LogP contribution in [-0.2, 0) is 102 Å². The second-order valence-corrected chi connectivity index (χ2v) is 27.5. The summed E-state index contributed by atoms with van der Waals surface area (Å²) in [7, 11) is 0. The number of ketones is 1. The molecule has 116 heavy (non-hydrogen) atoms. The highest BCUT2D eigenvalue weighted by atomic mass is 16.5. The molecule has 4 rings (SSSR count). The van der Waals surface area contributed by atoms with Crippen molar-refractivity contribution in [2.75, 3.05) is 32.0 Å². The van der Waals surface area contributed by atoms with Gasteiger partial charge in [0.05, 0.1) is 51.8 Å². The highest BCUT2D eigenvalue weighted by Crippen LogP contribution is 2.22.